The summed E-state index contributed by atoms with van der Waals surface area (Å²) in [7, 11) is 0. The van der Waals surface area contributed by atoms with Crippen molar-refractivity contribution in [1.82, 2.24) is 0 Å². The van der Waals surface area contributed by atoms with E-state index in [0.717, 1.165) is 0 Å². The topological polar surface area (TPSA) is 58.7 Å². The molecule has 0 aliphatic carbocycles. The summed E-state index contributed by atoms with van der Waals surface area (Å²) in [6.07, 6.45) is 3.48. The second-order valence-electron chi connectivity index (χ2n) is 1.12. The Balaban J connectivity index is 0.000000145. The zero-order valence-electron chi connectivity index (χ0n) is 4.32. The van der Waals surface area contributed by atoms with Gasteiger partial charge in [-0.25, -0.2) is 0 Å². The molecule has 0 unspecified atom stereocenters. The minimum absolute atomic E-state index is 1.28. The average molecular weight is 128 g/mol. The van der Waals surface area contributed by atoms with Crippen LogP contribution in [-0.4, -0.2) is 5.75 Å². The molecule has 0 aromatic heterocycles. The molecular formula is C4H6N3S-. The van der Waals surface area contributed by atoms with E-state index in [2.05, 4.69) is 11.5 Å². The number of hydrogen-bond acceptors (Lipinski definition) is 1. The van der Waals surface area contributed by atoms with E-state index in [1.165, 1.54) is 17.1 Å². The Morgan fingerprint density at radius 3 is 2.25 bits per heavy atom. The molecule has 44 valence electrons. The van der Waals surface area contributed by atoms with E-state index >= 15 is 0 Å². The van der Waals surface area contributed by atoms with E-state index in [0.29, 0.717) is 0 Å². The van der Waals surface area contributed by atoms with Crippen molar-refractivity contribution in [2.24, 2.45) is 0 Å². The van der Waals surface area contributed by atoms with E-state index < -0.39 is 0 Å². The number of allylic oxidation sites excluding steroid dienone is 1. The molecule has 1 aliphatic heterocycles. The third-order valence-electron chi connectivity index (χ3n) is 0.595. The maximum Gasteiger partial charge on any atom is 0.000884 e. The fourth-order valence-corrected chi connectivity index (χ4v) is 1.02. The first kappa shape index (κ1) is 7.40. The van der Waals surface area contributed by atoms with Crippen molar-refractivity contribution in [2.45, 2.75) is 6.42 Å². The molecule has 0 atom stereocenters. The van der Waals surface area contributed by atoms with Crippen LogP contribution in [0.3, 0.4) is 0 Å². The van der Waals surface area contributed by atoms with Crippen LogP contribution in [-0.2, 0) is 0 Å². The van der Waals surface area contributed by atoms with Crippen LogP contribution < -0.4 is 0 Å². The second-order valence-corrected chi connectivity index (χ2v) is 2.13. The van der Waals surface area contributed by atoms with Crippen LogP contribution in [0.5, 0.6) is 0 Å². The van der Waals surface area contributed by atoms with Crippen molar-refractivity contribution < 1.29 is 0 Å². The molecule has 0 saturated heterocycles. The van der Waals surface area contributed by atoms with Crippen molar-refractivity contribution in [3.63, 3.8) is 0 Å². The number of rotatable bonds is 0. The molecule has 0 fully saturated rings. The van der Waals surface area contributed by atoms with Crippen molar-refractivity contribution in [1.29, 1.82) is 0 Å². The molecule has 0 spiro atoms. The Labute approximate surface area is 52.2 Å². The van der Waals surface area contributed by atoms with Gasteiger partial charge in [0, 0.05) is 5.75 Å². The molecule has 1 rings (SSSR count). The van der Waals surface area contributed by atoms with Crippen LogP contribution in [0.4, 0.5) is 0 Å². The van der Waals surface area contributed by atoms with Crippen molar-refractivity contribution in [2.75, 3.05) is 5.75 Å². The van der Waals surface area contributed by atoms with Crippen molar-refractivity contribution >= 4 is 11.8 Å². The molecule has 3 nitrogen and oxygen atoms in total. The lowest BCUT2D eigenvalue weighted by atomic mass is 10.5. The lowest BCUT2D eigenvalue weighted by Gasteiger charge is -1.69. The maximum absolute atomic E-state index is 6.75. The Hall–Kier alpha value is -0.600. The molecule has 1 heterocycles. The van der Waals surface area contributed by atoms with Gasteiger partial charge in [-0.15, -0.1) is 11.8 Å². The quantitative estimate of drug-likeness (QED) is 0.281. The molecule has 0 amide bonds. The number of hydrogen-bond donors (Lipinski definition) is 0. The molecule has 0 N–H and O–H groups in total. The number of nitrogens with zero attached hydrogens (tertiary/aromatic N) is 3. The van der Waals surface area contributed by atoms with Gasteiger partial charge in [-0.1, -0.05) is 6.08 Å². The lowest BCUT2D eigenvalue weighted by molar-refractivity contribution is 1.28. The normalized spacial score (nSPS) is 14.0. The third-order valence-corrected chi connectivity index (χ3v) is 1.45. The van der Waals surface area contributed by atoms with E-state index in [1.807, 2.05) is 11.8 Å². The summed E-state index contributed by atoms with van der Waals surface area (Å²) in [6.45, 7) is 0. The van der Waals surface area contributed by atoms with Crippen LogP contribution in [0.25, 0.3) is 16.0 Å². The first-order chi connectivity index (χ1) is 3.91. The maximum atomic E-state index is 6.75. The molecule has 0 radical (unpaired) electrons. The Kier molecular flexibility index (Phi) is 5.92. The zero-order valence-corrected chi connectivity index (χ0v) is 5.14. The molecule has 0 bridgehead atoms. The van der Waals surface area contributed by atoms with Gasteiger partial charge in [-0.3, -0.25) is 4.91 Å². The Morgan fingerprint density at radius 1 is 1.50 bits per heavy atom. The smallest absolute Gasteiger partial charge is 0.000884 e. The van der Waals surface area contributed by atoms with Gasteiger partial charge in [0.2, 0.25) is 0 Å². The molecule has 8 heavy (non-hydrogen) atoms. The van der Waals surface area contributed by atoms with Gasteiger partial charge in [0.05, 0.1) is 0 Å². The minimum atomic E-state index is 1.28. The fraction of sp³-hybridized carbons (Fsp3) is 0.500. The van der Waals surface area contributed by atoms with E-state index in [9.17, 15) is 0 Å². The summed E-state index contributed by atoms with van der Waals surface area (Å²) in [5.74, 6) is 1.31. The molecule has 0 saturated carbocycles. The van der Waals surface area contributed by atoms with Crippen LogP contribution in [0, 0.1) is 0 Å². The highest BCUT2D eigenvalue weighted by Gasteiger charge is 1.85. The molecule has 4 heteroatoms. The zero-order chi connectivity index (χ0) is 6.24. The molecule has 1 aliphatic rings. The monoisotopic (exact) mass is 128 g/mol. The highest BCUT2D eigenvalue weighted by molar-refractivity contribution is 8.02. The summed E-state index contributed by atoms with van der Waals surface area (Å²) < 4.78 is 0. The third kappa shape index (κ3) is 5.40. The summed E-state index contributed by atoms with van der Waals surface area (Å²) in [4.78, 5) is 1.50. The highest BCUT2D eigenvalue weighted by atomic mass is 32.2. The SMILES string of the molecule is C1=CSCC1.[N-]=[N+]=[N-]. The van der Waals surface area contributed by atoms with E-state index in [4.69, 9.17) is 11.1 Å². The summed E-state index contributed by atoms with van der Waals surface area (Å²) in [5.41, 5.74) is 13.5. The van der Waals surface area contributed by atoms with Crippen molar-refractivity contribution in [3.8, 4) is 0 Å². The van der Waals surface area contributed by atoms with Crippen molar-refractivity contribution in [3.05, 3.63) is 27.5 Å². The highest BCUT2D eigenvalue weighted by Crippen LogP contribution is 2.11. The van der Waals surface area contributed by atoms with Crippen LogP contribution in [0.2, 0.25) is 0 Å². The van der Waals surface area contributed by atoms with Crippen LogP contribution >= 0.6 is 11.8 Å². The van der Waals surface area contributed by atoms with Gasteiger partial charge in [0.25, 0.3) is 0 Å². The summed E-state index contributed by atoms with van der Waals surface area (Å²) >= 11 is 1.89. The first-order valence-electron chi connectivity index (χ1n) is 2.17. The standard InChI is InChI=1S/C4H6S.N3/c1-2-4-5-3-1;1-3-2/h1,3H,2,4H2;/q;-1. The van der Waals surface area contributed by atoms with Crippen LogP contribution in [0.15, 0.2) is 11.5 Å². The predicted molar refractivity (Wildman–Crippen MR) is 36.3 cm³/mol. The van der Waals surface area contributed by atoms with Gasteiger partial charge in [0.15, 0.2) is 0 Å². The minimum Gasteiger partial charge on any atom is -0.373 e. The molecule has 0 aromatic rings. The van der Waals surface area contributed by atoms with Crippen LogP contribution in [0.1, 0.15) is 6.42 Å². The summed E-state index contributed by atoms with van der Waals surface area (Å²) in [5, 5.41) is 2.15. The number of thioether (sulfide) groups is 1. The fourth-order valence-electron chi connectivity index (χ4n) is 0.340. The molecule has 0 aromatic carbocycles. The van der Waals surface area contributed by atoms with Gasteiger partial charge in [0.1, 0.15) is 0 Å². The average Bonchev–Trinajstić information content (AvgIpc) is 2.17. The van der Waals surface area contributed by atoms with Gasteiger partial charge >= 0.3 is 0 Å². The predicted octanol–water partition coefficient (Wildman–Crippen LogP) is 2.50. The Morgan fingerprint density at radius 2 is 2.12 bits per heavy atom. The Bertz CT molecular complexity index is 97.9. The van der Waals surface area contributed by atoms with Gasteiger partial charge in [-0.2, -0.15) is 0 Å². The lowest BCUT2D eigenvalue weighted by Crippen LogP contribution is -1.56. The second kappa shape index (κ2) is 6.40. The van der Waals surface area contributed by atoms with E-state index in [1.54, 1.807) is 0 Å². The van der Waals surface area contributed by atoms with Gasteiger partial charge < -0.3 is 11.1 Å². The van der Waals surface area contributed by atoms with E-state index in [-0.39, 0.29) is 0 Å². The van der Waals surface area contributed by atoms with Gasteiger partial charge in [-0.05, 0) is 11.8 Å². The first-order valence-corrected chi connectivity index (χ1v) is 3.21. The largest absolute Gasteiger partial charge is 0.373 e. The molecular weight excluding hydrogens is 122 g/mol. The summed E-state index contributed by atoms with van der Waals surface area (Å²) in [6, 6.07) is 0.